The van der Waals surface area contributed by atoms with E-state index in [2.05, 4.69) is 80.2 Å². The third-order valence-electron chi connectivity index (χ3n) is 19.6. The average Bonchev–Trinajstić information content (AvgIpc) is 0.776. The van der Waals surface area contributed by atoms with E-state index in [0.29, 0.717) is 35.2 Å². The second kappa shape index (κ2) is 47.6. The minimum absolute atomic E-state index is 0. The van der Waals surface area contributed by atoms with E-state index in [1.54, 1.807) is 40.1 Å². The van der Waals surface area contributed by atoms with Gasteiger partial charge < -0.3 is 74.6 Å². The molecule has 5 aliphatic heterocycles. The van der Waals surface area contributed by atoms with Crippen molar-refractivity contribution in [2.75, 3.05) is 167 Å². The number of aromatic carboxylic acids is 1. The fourth-order valence-electron chi connectivity index (χ4n) is 13.4. The molecule has 0 atom stereocenters. The summed E-state index contributed by atoms with van der Waals surface area (Å²) in [7, 11) is 1.38. The molecule has 30 heteroatoms. The molecule has 640 valence electrons. The number of nitrogens with one attached hydrogen (secondary N) is 2. The molecule has 5 fully saturated rings. The Morgan fingerprint density at radius 2 is 0.672 bits per heavy atom. The van der Waals surface area contributed by atoms with E-state index in [4.69, 9.17) is 92.2 Å². The maximum absolute atomic E-state index is 12.0. The molecule has 0 unspecified atom stereocenters. The van der Waals surface area contributed by atoms with Crippen molar-refractivity contribution in [2.24, 2.45) is 0 Å². The van der Waals surface area contributed by atoms with Crippen LogP contribution in [0.1, 0.15) is 69.7 Å². The summed E-state index contributed by atoms with van der Waals surface area (Å²) in [5.41, 5.74) is 10.9. The van der Waals surface area contributed by atoms with E-state index in [-0.39, 0.29) is 71.8 Å². The minimum atomic E-state index is -0.973. The molecule has 7 heterocycles. The number of carbonyl (C=O) groups excluding carboxylic acids is 3. The van der Waals surface area contributed by atoms with Crippen LogP contribution in [0.15, 0.2) is 223 Å². The molecule has 0 aliphatic carbocycles. The molecule has 0 radical (unpaired) electrons. The molecule has 5 aliphatic rings. The second-order valence-electron chi connectivity index (χ2n) is 30.4. The average molecular weight is 1830 g/mol. The van der Waals surface area contributed by atoms with Crippen molar-refractivity contribution in [1.29, 1.82) is 0 Å². The first-order valence-corrected chi connectivity index (χ1v) is 42.2. The Labute approximate surface area is 771 Å². The Morgan fingerprint density at radius 3 is 1.00 bits per heavy atom. The van der Waals surface area contributed by atoms with Gasteiger partial charge in [-0.15, -0.1) is 0 Å². The van der Waals surface area contributed by atoms with Gasteiger partial charge in [-0.05, 0) is 199 Å². The number of esters is 1. The summed E-state index contributed by atoms with van der Waals surface area (Å²) in [5, 5.41) is 19.7. The molecule has 122 heavy (non-hydrogen) atoms. The molecule has 2 amide bonds. The molecule has 16 rings (SSSR count). The van der Waals surface area contributed by atoms with Crippen LogP contribution >= 0.6 is 73.9 Å². The second-order valence-corrected chi connectivity index (χ2v) is 33.5. The molecule has 4 N–H and O–H groups in total. The number of fused-ring (bicyclic) bond motifs is 2. The Morgan fingerprint density at radius 1 is 0.377 bits per heavy atom. The number of piperazine rings is 5. The number of rotatable bonds is 10. The topological polar surface area (TPSA) is 248 Å². The van der Waals surface area contributed by atoms with Gasteiger partial charge in [0.1, 0.15) is 22.6 Å². The molecule has 5 saturated heterocycles. The first kappa shape index (κ1) is 98.2. The number of halogens is 6. The molecule has 9 aromatic carbocycles. The van der Waals surface area contributed by atoms with Crippen molar-refractivity contribution in [3.8, 4) is 22.5 Å². The number of nitrogens with zero attached hydrogens (tertiary/aromatic N) is 12. The number of carboxylic acid groups (broad SMARTS) is 1. The number of benzene rings is 9. The van der Waals surface area contributed by atoms with Gasteiger partial charge in [-0.3, -0.25) is 0 Å². The van der Waals surface area contributed by atoms with Crippen molar-refractivity contribution < 1.29 is 73.5 Å². The first-order chi connectivity index (χ1) is 57.2. The summed E-state index contributed by atoms with van der Waals surface area (Å²) in [6.45, 7) is 28.4. The number of anilines is 6. The van der Waals surface area contributed by atoms with Crippen LogP contribution < -0.4 is 69.6 Å². The predicted molar refractivity (Wildman–Crippen MR) is 497 cm³/mol. The van der Waals surface area contributed by atoms with Gasteiger partial charge >= 0.3 is 53.7 Å². The van der Waals surface area contributed by atoms with Crippen LogP contribution in [0.5, 0.6) is 0 Å². The van der Waals surface area contributed by atoms with E-state index in [1.165, 1.54) is 12.8 Å². The molecule has 11 aromatic rings. The molecule has 0 saturated carbocycles. The minimum Gasteiger partial charge on any atom is -0.870 e. The van der Waals surface area contributed by atoms with Crippen LogP contribution in [0.2, 0.25) is 25.1 Å². The van der Waals surface area contributed by atoms with Crippen LogP contribution in [0, 0.1) is 0 Å². The van der Waals surface area contributed by atoms with E-state index in [0.717, 1.165) is 204 Å². The molecule has 0 spiro atoms. The summed E-state index contributed by atoms with van der Waals surface area (Å²) in [5.74, 6) is 0.247. The van der Waals surface area contributed by atoms with Gasteiger partial charge in [0, 0.05) is 194 Å². The summed E-state index contributed by atoms with van der Waals surface area (Å²) < 4.78 is 16.6. The fraction of sp³-hybridized carbons (Fsp3) is 0.326. The Hall–Kier alpha value is -9.25. The zero-order valence-corrected chi connectivity index (χ0v) is 76.7. The normalized spacial score (nSPS) is 14.5. The summed E-state index contributed by atoms with van der Waals surface area (Å²) in [4.78, 5) is 83.9. The SMILES string of the molecule is C.CC(C)(C)OC(=O)N1CCN(c2ccc(Cl)cc2)CC1.CC(C)(C)OC(=O)N1CCNCC1.COC(=O)c1ccc2nc(-c3ccccc3)c(N3CCN(c4ccc(Cl)cc4)CC3)nc2c1.Clc1ccc(Br)cc1.Clc1ccc(N2CCNCC2)cc1.O=C(O)c1ccc2nc(-c3ccccc3)c(N3CCN(c4ccc(Cl)cc4)CC3)nc2c1.[Na+].[OH-]. The summed E-state index contributed by atoms with van der Waals surface area (Å²) >= 11 is 32.7. The van der Waals surface area contributed by atoms with E-state index in [1.807, 2.05) is 205 Å². The fourth-order valence-corrected chi connectivity index (χ4v) is 14.3. The number of carboxylic acids is 1. The zero-order chi connectivity index (χ0) is 84.6. The van der Waals surface area contributed by atoms with Crippen molar-refractivity contribution in [3.63, 3.8) is 0 Å². The molecule has 23 nitrogen and oxygen atoms in total. The van der Waals surface area contributed by atoms with Gasteiger partial charge in [0.25, 0.3) is 0 Å². The van der Waals surface area contributed by atoms with Crippen molar-refractivity contribution >= 4 is 155 Å². The number of aromatic nitrogens is 4. The first-order valence-electron chi connectivity index (χ1n) is 39.6. The van der Waals surface area contributed by atoms with Crippen LogP contribution in [0.25, 0.3) is 44.6 Å². The summed E-state index contributed by atoms with van der Waals surface area (Å²) in [6.07, 6.45) is -0.428. The van der Waals surface area contributed by atoms with Gasteiger partial charge in [0.15, 0.2) is 11.6 Å². The zero-order valence-electron chi connectivity index (χ0n) is 69.3. The summed E-state index contributed by atoms with van der Waals surface area (Å²) in [6, 6.07) is 69.4. The number of amides is 2. The molecule has 0 bridgehead atoms. The maximum Gasteiger partial charge on any atom is 1.00 e. The van der Waals surface area contributed by atoms with Crippen molar-refractivity contribution in [2.45, 2.75) is 60.2 Å². The van der Waals surface area contributed by atoms with Gasteiger partial charge in [0.2, 0.25) is 0 Å². The monoisotopic (exact) mass is 1830 g/mol. The standard InChI is InChI=1S/C26H23ClN4O2.C25H21ClN4O2.C15H21ClN2O2.C10H13ClN2.C9H18N2O2.C6H4BrCl.CH4.Na.H2O/c1-33-26(32)19-7-12-22-23(17-19)29-25(24(28-22)18-5-3-2-4-6-18)31-15-13-30(14-16-31)21-10-8-20(27)9-11-21;26-19-7-9-20(10-8-19)29-12-14-30(15-13-29)24-23(17-4-2-1-3-5-17)27-21-11-6-18(25(31)32)16-22(21)28-24;1-15(2,3)20-14(19)18-10-8-17(9-11-18)13-6-4-12(16)5-7-13;11-9-1-3-10(4-2-9)13-7-5-12-6-8-13;1-9(2,3)13-8(12)11-6-4-10-5-7-11;7-5-1-3-6(8)4-2-5;;;/h2-12,17H,13-16H2,1H3;1-11,16H,12-15H2,(H,31,32);4-7H,8-11H2,1-3H3;1-4,12H,5-8H2;10H,4-7H2,1-3H3;1-4H;1H4;;1H2/q;;;;;;;+1;/p-1. The number of methoxy groups -OCH3 is 1. The van der Waals surface area contributed by atoms with E-state index in [9.17, 15) is 24.3 Å². The van der Waals surface area contributed by atoms with Gasteiger partial charge in [-0.25, -0.2) is 39.1 Å². The van der Waals surface area contributed by atoms with E-state index >= 15 is 0 Å². The molecule has 2 aromatic heterocycles. The van der Waals surface area contributed by atoms with Crippen LogP contribution in [-0.4, -0.2) is 214 Å². The van der Waals surface area contributed by atoms with Crippen LogP contribution in [0.4, 0.5) is 44.0 Å². The Kier molecular flexibility index (Phi) is 38.3. The smallest absolute Gasteiger partial charge is 0.870 e. The largest absolute Gasteiger partial charge is 1.00 e. The van der Waals surface area contributed by atoms with Crippen LogP contribution in [0.3, 0.4) is 0 Å². The van der Waals surface area contributed by atoms with Gasteiger partial charge in [0.05, 0.1) is 40.3 Å². The van der Waals surface area contributed by atoms with Crippen molar-refractivity contribution in [3.05, 3.63) is 259 Å². The Balaban J connectivity index is 0.000000192. The Bertz CT molecular complexity index is 5100. The van der Waals surface area contributed by atoms with Gasteiger partial charge in [-0.2, -0.15) is 0 Å². The van der Waals surface area contributed by atoms with E-state index < -0.39 is 11.6 Å². The van der Waals surface area contributed by atoms with Crippen molar-refractivity contribution in [1.82, 2.24) is 40.4 Å². The maximum atomic E-state index is 12.0. The number of ether oxygens (including phenoxy) is 3. The third-order valence-corrected chi connectivity index (χ3v) is 21.4. The van der Waals surface area contributed by atoms with Crippen LogP contribution in [-0.2, 0) is 14.2 Å². The number of hydrogen-bond acceptors (Lipinski definition) is 20. The quantitative estimate of drug-likeness (QED) is 0.0654. The molecular weight excluding hydrogens is 1730 g/mol. The third kappa shape index (κ3) is 29.5. The van der Waals surface area contributed by atoms with Gasteiger partial charge in [-0.1, -0.05) is 142 Å². The number of carbonyl (C=O) groups is 4. The molecular formula is C92H105BrCl5N14NaO9. The number of hydrogen-bond donors (Lipinski definition) is 3. The predicted octanol–water partition coefficient (Wildman–Crippen LogP) is 16.6.